The maximum absolute atomic E-state index is 11.3. The molecule has 3 atom stereocenters. The molecule has 0 spiro atoms. The molecule has 1 aliphatic heterocycles. The van der Waals surface area contributed by atoms with Gasteiger partial charge >= 0.3 is 0 Å². The van der Waals surface area contributed by atoms with E-state index in [2.05, 4.69) is 73.8 Å². The Morgan fingerprint density at radius 2 is 1.66 bits per heavy atom. The van der Waals surface area contributed by atoms with Crippen LogP contribution in [-0.4, -0.2) is 36.4 Å². The highest BCUT2D eigenvalue weighted by molar-refractivity contribution is 5.75. The van der Waals surface area contributed by atoms with Crippen LogP contribution in [0, 0.1) is 5.92 Å². The molecule has 162 valence electrons. The van der Waals surface area contributed by atoms with E-state index in [4.69, 9.17) is 9.84 Å². The molecule has 29 heavy (non-hydrogen) atoms. The molecular formula is C25H39NO3. The van der Waals surface area contributed by atoms with Crippen LogP contribution >= 0.6 is 0 Å². The zero-order valence-corrected chi connectivity index (χ0v) is 18.1. The molecule has 4 nitrogen and oxygen atoms in total. The second-order valence-electron chi connectivity index (χ2n) is 7.28. The van der Waals surface area contributed by atoms with Crippen LogP contribution in [0.1, 0.15) is 58.8 Å². The number of ether oxygens (including phenoxy) is 1. The number of amides is 1. The summed E-state index contributed by atoms with van der Waals surface area (Å²) in [5.74, 6) is 0.470. The van der Waals surface area contributed by atoms with Crippen molar-refractivity contribution in [3.05, 3.63) is 60.8 Å². The molecule has 0 radical (unpaired) electrons. The summed E-state index contributed by atoms with van der Waals surface area (Å²) in [5.41, 5.74) is 0. The van der Waals surface area contributed by atoms with E-state index in [1.165, 1.54) is 0 Å². The van der Waals surface area contributed by atoms with Crippen LogP contribution in [0.4, 0.5) is 0 Å². The molecule has 1 aliphatic rings. The third kappa shape index (κ3) is 13.8. The van der Waals surface area contributed by atoms with E-state index in [1.807, 2.05) is 6.08 Å². The minimum Gasteiger partial charge on any atom is -0.395 e. The smallest absolute Gasteiger partial charge is 0.220 e. The van der Waals surface area contributed by atoms with Gasteiger partial charge in [0.25, 0.3) is 0 Å². The summed E-state index contributed by atoms with van der Waals surface area (Å²) >= 11 is 0. The second kappa shape index (κ2) is 17.0. The van der Waals surface area contributed by atoms with Crippen LogP contribution in [0.2, 0.25) is 0 Å². The van der Waals surface area contributed by atoms with Gasteiger partial charge in [0, 0.05) is 18.9 Å². The highest BCUT2D eigenvalue weighted by Crippen LogP contribution is 2.33. The first kappa shape index (κ1) is 25.1. The maximum Gasteiger partial charge on any atom is 0.220 e. The van der Waals surface area contributed by atoms with E-state index < -0.39 is 0 Å². The van der Waals surface area contributed by atoms with Gasteiger partial charge in [-0.2, -0.15) is 0 Å². The molecule has 2 N–H and O–H groups in total. The third-order valence-electron chi connectivity index (χ3n) is 4.64. The van der Waals surface area contributed by atoms with Gasteiger partial charge in [0.1, 0.15) is 0 Å². The summed E-state index contributed by atoms with van der Waals surface area (Å²) in [5, 5.41) is 11.3. The lowest BCUT2D eigenvalue weighted by atomic mass is 10.0. The van der Waals surface area contributed by atoms with E-state index in [-0.39, 0.29) is 12.5 Å². The molecule has 0 aromatic rings. The Balaban J connectivity index is 2.00. The fourth-order valence-corrected chi connectivity index (χ4v) is 2.94. The van der Waals surface area contributed by atoms with E-state index in [0.717, 1.165) is 38.5 Å². The zero-order valence-electron chi connectivity index (χ0n) is 18.1. The van der Waals surface area contributed by atoms with Crippen molar-refractivity contribution in [3.63, 3.8) is 0 Å². The number of allylic oxidation sites excluding steroid dienone is 8. The molecular weight excluding hydrogens is 362 g/mol. The molecule has 0 aromatic heterocycles. The van der Waals surface area contributed by atoms with Crippen molar-refractivity contribution in [1.82, 2.24) is 5.32 Å². The number of epoxide rings is 1. The number of aliphatic hydroxyl groups excluding tert-OH is 1. The Morgan fingerprint density at radius 1 is 1.00 bits per heavy atom. The Hall–Kier alpha value is -1.91. The van der Waals surface area contributed by atoms with E-state index in [1.54, 1.807) is 0 Å². The molecule has 4 heteroatoms. The molecule has 1 heterocycles. The molecule has 0 aromatic carbocycles. The predicted molar refractivity (Wildman–Crippen MR) is 122 cm³/mol. The topological polar surface area (TPSA) is 61.9 Å². The Morgan fingerprint density at radius 3 is 2.31 bits per heavy atom. The molecule has 0 saturated carbocycles. The number of aliphatic hydroxyl groups is 1. The van der Waals surface area contributed by atoms with Gasteiger partial charge in [-0.3, -0.25) is 4.79 Å². The lowest BCUT2D eigenvalue weighted by Crippen LogP contribution is -2.25. The first-order chi connectivity index (χ1) is 14.2. The van der Waals surface area contributed by atoms with Crippen molar-refractivity contribution >= 4 is 5.91 Å². The number of hydrogen-bond donors (Lipinski definition) is 2. The highest BCUT2D eigenvalue weighted by atomic mass is 16.6. The highest BCUT2D eigenvalue weighted by Gasteiger charge is 2.40. The summed E-state index contributed by atoms with van der Waals surface area (Å²) in [6.45, 7) is 4.70. The summed E-state index contributed by atoms with van der Waals surface area (Å²) in [6.07, 6.45) is 28.7. The molecule has 3 unspecified atom stereocenters. The monoisotopic (exact) mass is 401 g/mol. The van der Waals surface area contributed by atoms with Gasteiger partial charge in [-0.25, -0.2) is 0 Å². The minimum atomic E-state index is -0.0126. The third-order valence-corrected chi connectivity index (χ3v) is 4.64. The number of carbonyl (C=O) groups is 1. The summed E-state index contributed by atoms with van der Waals surface area (Å²) < 4.78 is 5.75. The van der Waals surface area contributed by atoms with Crippen LogP contribution in [0.25, 0.3) is 0 Å². The maximum atomic E-state index is 11.3. The second-order valence-corrected chi connectivity index (χ2v) is 7.28. The van der Waals surface area contributed by atoms with Gasteiger partial charge in [0.05, 0.1) is 18.8 Å². The minimum absolute atomic E-state index is 0.0106. The standard InChI is InChI=1S/C25H39NO3/c1-3-4-14-18-23-25(29-23)22(2)17-15-12-10-8-6-5-7-9-11-13-16-19-24(28)26-20-21-27/h4-5,7-8,10-11,13-15,17,22-23,25,27H,3,6,9,12,16,18-21H2,1-2H3,(H,26,28)/b7-5-,10-8-,13-11-,14-4-,17-15-. The van der Waals surface area contributed by atoms with Crippen LogP contribution in [-0.2, 0) is 9.53 Å². The predicted octanol–water partition coefficient (Wildman–Crippen LogP) is 5.03. The molecule has 0 aliphatic carbocycles. The number of rotatable bonds is 16. The fraction of sp³-hybridized carbons (Fsp3) is 0.560. The SMILES string of the molecule is CC/C=C\CC1OC1C(C)/C=C\C/C=C\C/C=C\C/C=C\CCC(=O)NCCO. The lowest BCUT2D eigenvalue weighted by molar-refractivity contribution is -0.121. The quantitative estimate of drug-likeness (QED) is 0.282. The van der Waals surface area contributed by atoms with Gasteiger partial charge < -0.3 is 15.2 Å². The van der Waals surface area contributed by atoms with Crippen molar-refractivity contribution in [2.75, 3.05) is 13.2 Å². The van der Waals surface area contributed by atoms with Crippen molar-refractivity contribution in [2.24, 2.45) is 5.92 Å². The van der Waals surface area contributed by atoms with Crippen molar-refractivity contribution in [1.29, 1.82) is 0 Å². The van der Waals surface area contributed by atoms with Gasteiger partial charge in [-0.05, 0) is 38.5 Å². The van der Waals surface area contributed by atoms with Gasteiger partial charge in [0.15, 0.2) is 0 Å². The first-order valence-corrected chi connectivity index (χ1v) is 11.0. The average Bonchev–Trinajstić information content (AvgIpc) is 3.49. The largest absolute Gasteiger partial charge is 0.395 e. The van der Waals surface area contributed by atoms with Gasteiger partial charge in [-0.1, -0.05) is 74.6 Å². The van der Waals surface area contributed by atoms with E-state index >= 15 is 0 Å². The Bertz CT molecular complexity index is 575. The fourth-order valence-electron chi connectivity index (χ4n) is 2.94. The van der Waals surface area contributed by atoms with Gasteiger partial charge in [-0.15, -0.1) is 0 Å². The zero-order chi connectivity index (χ0) is 21.2. The summed E-state index contributed by atoms with van der Waals surface area (Å²) in [7, 11) is 0. The van der Waals surface area contributed by atoms with Crippen molar-refractivity contribution in [3.8, 4) is 0 Å². The van der Waals surface area contributed by atoms with Crippen LogP contribution in [0.5, 0.6) is 0 Å². The normalized spacial score (nSPS) is 20.7. The Kier molecular flexibility index (Phi) is 14.7. The Labute approximate surface area is 177 Å². The number of hydrogen-bond acceptors (Lipinski definition) is 3. The summed E-state index contributed by atoms with van der Waals surface area (Å²) in [6, 6.07) is 0. The van der Waals surface area contributed by atoms with E-state index in [9.17, 15) is 4.79 Å². The van der Waals surface area contributed by atoms with E-state index in [0.29, 0.717) is 31.1 Å². The first-order valence-electron chi connectivity index (χ1n) is 11.0. The molecule has 0 bridgehead atoms. The number of carbonyl (C=O) groups excluding carboxylic acids is 1. The molecule has 1 rings (SSSR count). The van der Waals surface area contributed by atoms with Crippen molar-refractivity contribution in [2.45, 2.75) is 71.0 Å². The van der Waals surface area contributed by atoms with Crippen LogP contribution in [0.3, 0.4) is 0 Å². The number of nitrogens with one attached hydrogen (secondary N) is 1. The average molecular weight is 402 g/mol. The lowest BCUT2D eigenvalue weighted by Gasteiger charge is -1.99. The molecule has 1 fully saturated rings. The van der Waals surface area contributed by atoms with Crippen molar-refractivity contribution < 1.29 is 14.6 Å². The molecule has 1 amide bonds. The van der Waals surface area contributed by atoms with Crippen LogP contribution < -0.4 is 5.32 Å². The molecule has 1 saturated heterocycles. The van der Waals surface area contributed by atoms with Crippen LogP contribution in [0.15, 0.2) is 60.8 Å². The summed E-state index contributed by atoms with van der Waals surface area (Å²) in [4.78, 5) is 11.3. The van der Waals surface area contributed by atoms with Gasteiger partial charge in [0.2, 0.25) is 5.91 Å².